The first-order chi connectivity index (χ1) is 9.75. The molecule has 2 aromatic rings. The number of benzene rings is 1. The van der Waals surface area contributed by atoms with Crippen molar-refractivity contribution in [2.45, 2.75) is 19.3 Å². The summed E-state index contributed by atoms with van der Waals surface area (Å²) in [6.07, 6.45) is 4.73. The molecule has 1 aromatic carbocycles. The van der Waals surface area contributed by atoms with Crippen molar-refractivity contribution in [3.8, 4) is 0 Å². The van der Waals surface area contributed by atoms with E-state index in [-0.39, 0.29) is 6.03 Å². The number of nitrogens with one attached hydrogen (secondary N) is 2. The van der Waals surface area contributed by atoms with Gasteiger partial charge in [-0.05, 0) is 24.8 Å². The molecule has 2 amide bonds. The molecule has 0 fully saturated rings. The van der Waals surface area contributed by atoms with Gasteiger partial charge in [0.15, 0.2) is 0 Å². The number of hydrogen-bond donors (Lipinski definition) is 2. The summed E-state index contributed by atoms with van der Waals surface area (Å²) in [5, 5.41) is 9.58. The number of amides is 2. The van der Waals surface area contributed by atoms with E-state index in [0.29, 0.717) is 12.4 Å². The van der Waals surface area contributed by atoms with Crippen LogP contribution in [-0.4, -0.2) is 22.4 Å². The number of carbonyl (C=O) groups excluding carboxylic acids is 1. The summed E-state index contributed by atoms with van der Waals surface area (Å²) >= 11 is 0. The zero-order valence-corrected chi connectivity index (χ0v) is 11.7. The number of nitrogens with zero attached hydrogens (tertiary/aromatic N) is 2. The summed E-state index contributed by atoms with van der Waals surface area (Å²) in [7, 11) is 1.79. The van der Waals surface area contributed by atoms with Crippen molar-refractivity contribution < 1.29 is 4.79 Å². The molecule has 0 atom stereocenters. The van der Waals surface area contributed by atoms with Crippen molar-refractivity contribution in [2.24, 2.45) is 7.05 Å². The molecular formula is C15H20N4O. The van der Waals surface area contributed by atoms with Gasteiger partial charge in [-0.15, -0.1) is 0 Å². The number of unbranched alkanes of at least 4 members (excludes halogenated alkanes) is 1. The molecule has 1 aromatic heterocycles. The number of carbonyl (C=O) groups is 1. The lowest BCUT2D eigenvalue weighted by Gasteiger charge is -2.07. The molecule has 5 nitrogen and oxygen atoms in total. The van der Waals surface area contributed by atoms with Crippen molar-refractivity contribution >= 4 is 11.8 Å². The molecule has 0 saturated carbocycles. The lowest BCUT2D eigenvalue weighted by molar-refractivity contribution is 0.251. The average molecular weight is 272 g/mol. The van der Waals surface area contributed by atoms with Crippen LogP contribution in [0.1, 0.15) is 18.4 Å². The maximum Gasteiger partial charge on any atom is 0.320 e. The van der Waals surface area contributed by atoms with E-state index < -0.39 is 0 Å². The SMILES string of the molecule is Cn1nccc1NC(=O)NCCCCc1ccccc1. The second kappa shape index (κ2) is 7.33. The Morgan fingerprint density at radius 1 is 1.20 bits per heavy atom. The minimum atomic E-state index is -0.187. The molecule has 0 radical (unpaired) electrons. The van der Waals surface area contributed by atoms with Crippen molar-refractivity contribution in [3.63, 3.8) is 0 Å². The van der Waals surface area contributed by atoms with Gasteiger partial charge in [-0.25, -0.2) is 4.79 Å². The highest BCUT2D eigenvalue weighted by molar-refractivity contribution is 5.88. The van der Waals surface area contributed by atoms with Gasteiger partial charge in [0.05, 0.1) is 6.20 Å². The Morgan fingerprint density at radius 3 is 2.70 bits per heavy atom. The minimum absolute atomic E-state index is 0.187. The summed E-state index contributed by atoms with van der Waals surface area (Å²) in [6, 6.07) is 11.9. The van der Waals surface area contributed by atoms with Crippen molar-refractivity contribution in [3.05, 3.63) is 48.2 Å². The predicted molar refractivity (Wildman–Crippen MR) is 79.6 cm³/mol. The molecule has 106 valence electrons. The summed E-state index contributed by atoms with van der Waals surface area (Å²) in [5.74, 6) is 0.687. The third kappa shape index (κ3) is 4.42. The third-order valence-corrected chi connectivity index (χ3v) is 3.08. The normalized spacial score (nSPS) is 10.2. The van der Waals surface area contributed by atoms with Crippen LogP contribution in [0.25, 0.3) is 0 Å². The van der Waals surface area contributed by atoms with E-state index >= 15 is 0 Å². The Hall–Kier alpha value is -2.30. The van der Waals surface area contributed by atoms with Crippen LogP contribution in [0.2, 0.25) is 0 Å². The van der Waals surface area contributed by atoms with Gasteiger partial charge in [0.1, 0.15) is 5.82 Å². The van der Waals surface area contributed by atoms with Crippen LogP contribution in [0.4, 0.5) is 10.6 Å². The van der Waals surface area contributed by atoms with Crippen molar-refractivity contribution in [2.75, 3.05) is 11.9 Å². The Bertz CT molecular complexity index is 536. The minimum Gasteiger partial charge on any atom is -0.338 e. The van der Waals surface area contributed by atoms with Gasteiger partial charge < -0.3 is 5.32 Å². The van der Waals surface area contributed by atoms with Gasteiger partial charge in [-0.1, -0.05) is 30.3 Å². The van der Waals surface area contributed by atoms with Gasteiger partial charge in [0.2, 0.25) is 0 Å². The smallest absolute Gasteiger partial charge is 0.320 e. The van der Waals surface area contributed by atoms with E-state index in [1.165, 1.54) is 5.56 Å². The topological polar surface area (TPSA) is 59.0 Å². The van der Waals surface area contributed by atoms with Gasteiger partial charge in [-0.2, -0.15) is 5.10 Å². The van der Waals surface area contributed by atoms with Crippen LogP contribution >= 0.6 is 0 Å². The first-order valence-corrected chi connectivity index (χ1v) is 6.82. The molecular weight excluding hydrogens is 252 g/mol. The molecule has 0 aliphatic rings. The van der Waals surface area contributed by atoms with E-state index in [9.17, 15) is 4.79 Å². The first kappa shape index (κ1) is 14.1. The fraction of sp³-hybridized carbons (Fsp3) is 0.333. The molecule has 2 rings (SSSR count). The molecule has 20 heavy (non-hydrogen) atoms. The molecule has 0 unspecified atom stereocenters. The average Bonchev–Trinajstić information content (AvgIpc) is 2.85. The van der Waals surface area contributed by atoms with Gasteiger partial charge in [0.25, 0.3) is 0 Å². The van der Waals surface area contributed by atoms with Crippen LogP contribution in [0, 0.1) is 0 Å². The molecule has 0 saturated heterocycles. The highest BCUT2D eigenvalue weighted by atomic mass is 16.2. The summed E-state index contributed by atoms with van der Waals surface area (Å²) < 4.78 is 1.62. The van der Waals surface area contributed by atoms with E-state index in [1.54, 1.807) is 24.0 Å². The van der Waals surface area contributed by atoms with Gasteiger partial charge in [-0.3, -0.25) is 10.00 Å². The molecule has 0 bridgehead atoms. The van der Waals surface area contributed by atoms with Gasteiger partial charge >= 0.3 is 6.03 Å². The van der Waals surface area contributed by atoms with E-state index in [1.807, 2.05) is 6.07 Å². The van der Waals surface area contributed by atoms with E-state index in [2.05, 4.69) is 40.0 Å². The Morgan fingerprint density at radius 2 is 2.00 bits per heavy atom. The molecule has 0 aliphatic carbocycles. The summed E-state index contributed by atoms with van der Waals surface area (Å²) in [4.78, 5) is 11.6. The van der Waals surface area contributed by atoms with Crippen LogP contribution < -0.4 is 10.6 Å². The number of urea groups is 1. The fourth-order valence-corrected chi connectivity index (χ4v) is 1.96. The Kier molecular flexibility index (Phi) is 5.17. The Labute approximate surface area is 119 Å². The molecule has 2 N–H and O–H groups in total. The quantitative estimate of drug-likeness (QED) is 0.794. The second-order valence-electron chi connectivity index (χ2n) is 4.66. The molecule has 1 heterocycles. The number of rotatable bonds is 6. The number of hydrogen-bond acceptors (Lipinski definition) is 2. The second-order valence-corrected chi connectivity index (χ2v) is 4.66. The zero-order chi connectivity index (χ0) is 14.2. The van der Waals surface area contributed by atoms with Crippen LogP contribution in [0.15, 0.2) is 42.6 Å². The van der Waals surface area contributed by atoms with Crippen LogP contribution in [-0.2, 0) is 13.5 Å². The molecule has 5 heteroatoms. The van der Waals surface area contributed by atoms with E-state index in [4.69, 9.17) is 0 Å². The summed E-state index contributed by atoms with van der Waals surface area (Å²) in [5.41, 5.74) is 1.34. The lowest BCUT2D eigenvalue weighted by atomic mass is 10.1. The lowest BCUT2D eigenvalue weighted by Crippen LogP contribution is -2.30. The first-order valence-electron chi connectivity index (χ1n) is 6.82. The molecule has 0 aliphatic heterocycles. The monoisotopic (exact) mass is 272 g/mol. The molecule has 0 spiro atoms. The number of aryl methyl sites for hydroxylation is 2. The fourth-order valence-electron chi connectivity index (χ4n) is 1.96. The zero-order valence-electron chi connectivity index (χ0n) is 11.7. The summed E-state index contributed by atoms with van der Waals surface area (Å²) in [6.45, 7) is 0.677. The number of aromatic nitrogens is 2. The standard InChI is InChI=1S/C15H20N4O/c1-19-14(10-12-17-19)18-15(20)16-11-6-5-9-13-7-3-2-4-8-13/h2-4,7-8,10,12H,5-6,9,11H2,1H3,(H2,16,18,20). The van der Waals surface area contributed by atoms with Gasteiger partial charge in [0, 0.05) is 19.7 Å². The Balaban J connectivity index is 1.59. The van der Waals surface area contributed by atoms with Crippen molar-refractivity contribution in [1.82, 2.24) is 15.1 Å². The highest BCUT2D eigenvalue weighted by Crippen LogP contribution is 2.04. The third-order valence-electron chi connectivity index (χ3n) is 3.08. The van der Waals surface area contributed by atoms with Crippen molar-refractivity contribution in [1.29, 1.82) is 0 Å². The maximum absolute atomic E-state index is 11.6. The van der Waals surface area contributed by atoms with Crippen LogP contribution in [0.3, 0.4) is 0 Å². The highest BCUT2D eigenvalue weighted by Gasteiger charge is 2.03. The van der Waals surface area contributed by atoms with E-state index in [0.717, 1.165) is 19.3 Å². The van der Waals surface area contributed by atoms with Crippen LogP contribution in [0.5, 0.6) is 0 Å². The predicted octanol–water partition coefficient (Wildman–Crippen LogP) is 2.56. The number of anilines is 1. The largest absolute Gasteiger partial charge is 0.338 e. The maximum atomic E-state index is 11.6.